The molecule has 1 unspecified atom stereocenters. The summed E-state index contributed by atoms with van der Waals surface area (Å²) in [6.45, 7) is 0. The Kier molecular flexibility index (Phi) is 5.35. The summed E-state index contributed by atoms with van der Waals surface area (Å²) in [4.78, 5) is 27.1. The van der Waals surface area contributed by atoms with Crippen LogP contribution in [-0.2, 0) is 16.0 Å². The molecule has 1 heterocycles. The lowest BCUT2D eigenvalue weighted by atomic mass is 10.1. The number of nitrogens with one attached hydrogen (secondary N) is 1. The van der Waals surface area contributed by atoms with Crippen LogP contribution in [0.1, 0.15) is 16.1 Å². The van der Waals surface area contributed by atoms with Crippen molar-refractivity contribution in [2.45, 2.75) is 12.5 Å². The summed E-state index contributed by atoms with van der Waals surface area (Å²) >= 11 is 1.04. The monoisotopic (exact) mass is 341 g/mol. The fourth-order valence-electron chi connectivity index (χ4n) is 1.74. The van der Waals surface area contributed by atoms with Crippen LogP contribution in [0.15, 0.2) is 23.6 Å². The van der Waals surface area contributed by atoms with Crippen LogP contribution in [0.25, 0.3) is 0 Å². The van der Waals surface area contributed by atoms with Gasteiger partial charge in [0, 0.05) is 5.38 Å². The second-order valence-corrected chi connectivity index (χ2v) is 5.44. The van der Waals surface area contributed by atoms with Gasteiger partial charge in [-0.1, -0.05) is 6.07 Å². The van der Waals surface area contributed by atoms with Gasteiger partial charge in [-0.25, -0.2) is 18.6 Å². The minimum absolute atomic E-state index is 0.0261. The maximum atomic E-state index is 13.1. The van der Waals surface area contributed by atoms with E-state index in [0.717, 1.165) is 23.5 Å². The van der Waals surface area contributed by atoms with Gasteiger partial charge in [-0.3, -0.25) is 4.79 Å². The van der Waals surface area contributed by atoms with E-state index in [9.17, 15) is 18.4 Å². The molecule has 0 bridgehead atoms. The molecular weight excluding hydrogens is 328 g/mol. The normalized spacial score (nSPS) is 11.8. The number of nitrogens with zero attached hydrogens (tertiary/aromatic N) is 1. The molecule has 1 aromatic carbocycles. The van der Waals surface area contributed by atoms with E-state index in [4.69, 9.17) is 5.73 Å². The Bertz CT molecular complexity index is 736. The predicted molar refractivity (Wildman–Crippen MR) is 80.1 cm³/mol. The van der Waals surface area contributed by atoms with E-state index in [1.807, 2.05) is 0 Å². The number of carbonyl (C=O) groups is 2. The third-order valence-corrected chi connectivity index (χ3v) is 3.66. The standard InChI is InChI=1S/C14H13F2N3O3S/c1-22-13(21)11-6-23-14(18-11)19-12(20)10(17)5-7-2-3-8(15)9(16)4-7/h2-4,6,10H,5,17H2,1H3,(H,18,19,20). The van der Waals surface area contributed by atoms with Crippen molar-refractivity contribution in [3.05, 3.63) is 46.5 Å². The van der Waals surface area contributed by atoms with Crippen LogP contribution in [0.2, 0.25) is 0 Å². The minimum Gasteiger partial charge on any atom is -0.464 e. The van der Waals surface area contributed by atoms with E-state index in [1.165, 1.54) is 18.6 Å². The van der Waals surface area contributed by atoms with Crippen LogP contribution in [0.5, 0.6) is 0 Å². The molecule has 0 spiro atoms. The number of hydrogen-bond donors (Lipinski definition) is 2. The summed E-state index contributed by atoms with van der Waals surface area (Å²) < 4.78 is 30.5. The highest BCUT2D eigenvalue weighted by Gasteiger charge is 2.18. The maximum absolute atomic E-state index is 13.1. The quantitative estimate of drug-likeness (QED) is 0.808. The summed E-state index contributed by atoms with van der Waals surface area (Å²) in [5.41, 5.74) is 6.20. The number of anilines is 1. The Hall–Kier alpha value is -2.39. The van der Waals surface area contributed by atoms with Crippen LogP contribution < -0.4 is 11.1 Å². The van der Waals surface area contributed by atoms with Gasteiger partial charge in [0.1, 0.15) is 0 Å². The molecule has 0 aliphatic carbocycles. The number of halogens is 2. The first kappa shape index (κ1) is 17.0. The number of nitrogens with two attached hydrogens (primary N) is 1. The van der Waals surface area contributed by atoms with Gasteiger partial charge in [0.25, 0.3) is 0 Å². The largest absolute Gasteiger partial charge is 0.464 e. The van der Waals surface area contributed by atoms with Crippen molar-refractivity contribution in [2.75, 3.05) is 12.4 Å². The highest BCUT2D eigenvalue weighted by atomic mass is 32.1. The number of methoxy groups -OCH3 is 1. The van der Waals surface area contributed by atoms with Crippen molar-refractivity contribution in [2.24, 2.45) is 5.73 Å². The average Bonchev–Trinajstić information content (AvgIpc) is 2.98. The number of hydrogen-bond acceptors (Lipinski definition) is 6. The zero-order valence-electron chi connectivity index (χ0n) is 12.0. The Labute approximate surface area is 134 Å². The van der Waals surface area contributed by atoms with Crippen LogP contribution in [0, 0.1) is 11.6 Å². The molecule has 1 amide bonds. The number of benzene rings is 1. The number of thiazole rings is 1. The third-order valence-electron chi connectivity index (χ3n) is 2.91. The zero-order valence-corrected chi connectivity index (χ0v) is 12.8. The highest BCUT2D eigenvalue weighted by molar-refractivity contribution is 7.14. The lowest BCUT2D eigenvalue weighted by molar-refractivity contribution is -0.117. The summed E-state index contributed by atoms with van der Waals surface area (Å²) in [6, 6.07) is 2.33. The predicted octanol–water partition coefficient (Wildman–Crippen LogP) is 1.72. The summed E-state index contributed by atoms with van der Waals surface area (Å²) in [6.07, 6.45) is 0.0261. The molecule has 0 radical (unpaired) electrons. The van der Waals surface area contributed by atoms with E-state index in [-0.39, 0.29) is 17.2 Å². The molecule has 0 aliphatic heterocycles. The van der Waals surface area contributed by atoms with E-state index in [0.29, 0.717) is 5.56 Å². The van der Waals surface area contributed by atoms with Crippen LogP contribution >= 0.6 is 11.3 Å². The molecule has 0 aliphatic rings. The maximum Gasteiger partial charge on any atom is 0.357 e. The molecule has 2 rings (SSSR count). The van der Waals surface area contributed by atoms with Gasteiger partial charge in [0.05, 0.1) is 13.2 Å². The highest BCUT2D eigenvalue weighted by Crippen LogP contribution is 2.17. The Balaban J connectivity index is 1.98. The van der Waals surface area contributed by atoms with E-state index in [1.54, 1.807) is 0 Å². The second-order valence-electron chi connectivity index (χ2n) is 4.58. The molecule has 0 saturated heterocycles. The molecule has 9 heteroatoms. The van der Waals surface area contributed by atoms with Crippen LogP contribution in [-0.4, -0.2) is 30.0 Å². The fraction of sp³-hybridized carbons (Fsp3) is 0.214. The van der Waals surface area contributed by atoms with Crippen molar-refractivity contribution >= 4 is 28.3 Å². The Morgan fingerprint density at radius 3 is 2.78 bits per heavy atom. The number of aromatic nitrogens is 1. The van der Waals surface area contributed by atoms with Crippen molar-refractivity contribution in [1.82, 2.24) is 4.98 Å². The van der Waals surface area contributed by atoms with Gasteiger partial charge in [0.15, 0.2) is 22.5 Å². The molecule has 23 heavy (non-hydrogen) atoms. The Morgan fingerprint density at radius 1 is 1.39 bits per heavy atom. The average molecular weight is 341 g/mol. The zero-order chi connectivity index (χ0) is 17.0. The molecule has 122 valence electrons. The van der Waals surface area contributed by atoms with E-state index >= 15 is 0 Å². The molecule has 6 nitrogen and oxygen atoms in total. The summed E-state index contributed by atoms with van der Waals surface area (Å²) in [7, 11) is 1.22. The fourth-order valence-corrected chi connectivity index (χ4v) is 2.42. The smallest absolute Gasteiger partial charge is 0.357 e. The van der Waals surface area contributed by atoms with Gasteiger partial charge in [-0.2, -0.15) is 0 Å². The lowest BCUT2D eigenvalue weighted by Crippen LogP contribution is -2.37. The van der Waals surface area contributed by atoms with Crippen LogP contribution in [0.3, 0.4) is 0 Å². The first-order valence-corrected chi connectivity index (χ1v) is 7.33. The van der Waals surface area contributed by atoms with Gasteiger partial charge in [-0.05, 0) is 24.1 Å². The van der Waals surface area contributed by atoms with Gasteiger partial charge >= 0.3 is 5.97 Å². The molecule has 2 aromatic rings. The molecule has 0 saturated carbocycles. The van der Waals surface area contributed by atoms with Crippen molar-refractivity contribution in [3.63, 3.8) is 0 Å². The second kappa shape index (κ2) is 7.25. The van der Waals surface area contributed by atoms with Crippen molar-refractivity contribution in [3.8, 4) is 0 Å². The number of amides is 1. The molecule has 1 atom stereocenters. The minimum atomic E-state index is -1.00. The number of carbonyl (C=O) groups excluding carboxylic acids is 2. The van der Waals surface area contributed by atoms with Crippen molar-refractivity contribution in [1.29, 1.82) is 0 Å². The summed E-state index contributed by atoms with van der Waals surface area (Å²) in [5.74, 6) is -3.14. The molecular formula is C14H13F2N3O3S. The van der Waals surface area contributed by atoms with Gasteiger partial charge < -0.3 is 15.8 Å². The van der Waals surface area contributed by atoms with Crippen LogP contribution in [0.4, 0.5) is 13.9 Å². The lowest BCUT2D eigenvalue weighted by Gasteiger charge is -2.11. The van der Waals surface area contributed by atoms with Gasteiger partial charge in [0.2, 0.25) is 5.91 Å². The first-order chi connectivity index (χ1) is 10.9. The topological polar surface area (TPSA) is 94.3 Å². The van der Waals surface area contributed by atoms with E-state index < -0.39 is 29.6 Å². The summed E-state index contributed by atoms with van der Waals surface area (Å²) in [5, 5.41) is 4.08. The Morgan fingerprint density at radius 2 is 2.13 bits per heavy atom. The van der Waals surface area contributed by atoms with E-state index in [2.05, 4.69) is 15.0 Å². The SMILES string of the molecule is COC(=O)c1csc(NC(=O)C(N)Cc2ccc(F)c(F)c2)n1. The van der Waals surface area contributed by atoms with Crippen molar-refractivity contribution < 1.29 is 23.1 Å². The number of ether oxygens (including phenoxy) is 1. The first-order valence-electron chi connectivity index (χ1n) is 6.45. The number of esters is 1. The molecule has 1 aromatic heterocycles. The van der Waals surface area contributed by atoms with Gasteiger partial charge in [-0.15, -0.1) is 11.3 Å². The molecule has 0 fully saturated rings. The number of rotatable bonds is 5. The third kappa shape index (κ3) is 4.30. The molecule has 3 N–H and O–H groups in total.